The van der Waals surface area contributed by atoms with Crippen molar-refractivity contribution in [1.29, 1.82) is 0 Å². The molecule has 7 heteroatoms. The van der Waals surface area contributed by atoms with E-state index in [-0.39, 0.29) is 12.8 Å². The van der Waals surface area contributed by atoms with Crippen molar-refractivity contribution in [3.63, 3.8) is 0 Å². The van der Waals surface area contributed by atoms with Gasteiger partial charge in [-0.15, -0.1) is 0 Å². The number of aryl methyl sites for hydroxylation is 1. The summed E-state index contributed by atoms with van der Waals surface area (Å²) in [4.78, 5) is 23.3. The first-order valence-electron chi connectivity index (χ1n) is 7.56. The smallest absolute Gasteiger partial charge is 0.352 e. The minimum absolute atomic E-state index is 0.122. The Morgan fingerprint density at radius 2 is 2.04 bits per heavy atom. The molecule has 0 bridgehead atoms. The monoisotopic (exact) mass is 326 g/mol. The highest BCUT2D eigenvalue weighted by molar-refractivity contribution is 5.95. The van der Waals surface area contributed by atoms with Crippen LogP contribution in [0, 0.1) is 0 Å². The van der Waals surface area contributed by atoms with Crippen LogP contribution in [-0.4, -0.2) is 35.0 Å². The van der Waals surface area contributed by atoms with Gasteiger partial charge in [0.1, 0.15) is 5.60 Å². The van der Waals surface area contributed by atoms with E-state index < -0.39 is 29.9 Å². The number of anilines is 1. The van der Waals surface area contributed by atoms with E-state index in [0.717, 1.165) is 12.0 Å². The average molecular weight is 326 g/mol. The lowest BCUT2D eigenvalue weighted by atomic mass is 9.75. The third kappa shape index (κ3) is 3.67. The van der Waals surface area contributed by atoms with Crippen molar-refractivity contribution in [2.75, 3.05) is 11.9 Å². The van der Waals surface area contributed by atoms with Gasteiger partial charge in [-0.1, -0.05) is 19.1 Å². The van der Waals surface area contributed by atoms with Crippen molar-refractivity contribution in [3.05, 3.63) is 29.8 Å². The maximum atomic E-state index is 13.8. The van der Waals surface area contributed by atoms with Crippen LogP contribution in [0.1, 0.15) is 31.7 Å². The van der Waals surface area contributed by atoms with Crippen molar-refractivity contribution in [2.45, 2.75) is 44.1 Å². The van der Waals surface area contributed by atoms with E-state index in [2.05, 4.69) is 5.32 Å². The van der Waals surface area contributed by atoms with Gasteiger partial charge >= 0.3 is 5.92 Å². The summed E-state index contributed by atoms with van der Waals surface area (Å²) < 4.78 is 27.7. The van der Waals surface area contributed by atoms with E-state index >= 15 is 0 Å². The number of carbonyl (C=O) groups is 2. The summed E-state index contributed by atoms with van der Waals surface area (Å²) in [6, 6.07) is 7.11. The first kappa shape index (κ1) is 17.3. The van der Waals surface area contributed by atoms with Crippen molar-refractivity contribution in [3.8, 4) is 0 Å². The van der Waals surface area contributed by atoms with E-state index in [1.165, 1.54) is 0 Å². The van der Waals surface area contributed by atoms with Gasteiger partial charge < -0.3 is 15.7 Å². The van der Waals surface area contributed by atoms with Gasteiger partial charge in [-0.25, -0.2) is 0 Å². The van der Waals surface area contributed by atoms with Crippen LogP contribution < -0.4 is 10.6 Å². The molecule has 0 saturated heterocycles. The minimum Gasteiger partial charge on any atom is -0.383 e. The number of rotatable bonds is 6. The molecular weight excluding hydrogens is 306 g/mol. The van der Waals surface area contributed by atoms with Gasteiger partial charge in [0.2, 0.25) is 5.91 Å². The Hall–Kier alpha value is -2.02. The van der Waals surface area contributed by atoms with Crippen molar-refractivity contribution in [1.82, 2.24) is 5.32 Å². The van der Waals surface area contributed by atoms with Gasteiger partial charge in [-0.2, -0.15) is 8.78 Å². The second-order valence-electron chi connectivity index (χ2n) is 5.74. The standard InChI is InChI=1S/C16H20F2N2O3/c1-2-11-5-3-6-12(9-11)20-13(21)10-19-14(22)16(17,18)15(23)7-4-8-15/h3,5-6,9,23H,2,4,7-8,10H2,1H3,(H,19,22)(H,20,21). The fourth-order valence-electron chi connectivity index (χ4n) is 2.38. The van der Waals surface area contributed by atoms with E-state index in [4.69, 9.17) is 0 Å². The van der Waals surface area contributed by atoms with Crippen molar-refractivity contribution >= 4 is 17.5 Å². The molecule has 1 saturated carbocycles. The van der Waals surface area contributed by atoms with Gasteiger partial charge in [0.05, 0.1) is 6.54 Å². The second-order valence-corrected chi connectivity index (χ2v) is 5.74. The largest absolute Gasteiger partial charge is 0.383 e. The molecule has 0 aromatic heterocycles. The molecule has 2 amide bonds. The summed E-state index contributed by atoms with van der Waals surface area (Å²) in [5, 5.41) is 14.1. The molecule has 0 unspecified atom stereocenters. The van der Waals surface area contributed by atoms with E-state index in [9.17, 15) is 23.5 Å². The zero-order chi connectivity index (χ0) is 17.1. The highest BCUT2D eigenvalue weighted by Crippen LogP contribution is 2.44. The van der Waals surface area contributed by atoms with Crippen LogP contribution in [0.5, 0.6) is 0 Å². The van der Waals surface area contributed by atoms with Crippen LogP contribution in [0.15, 0.2) is 24.3 Å². The van der Waals surface area contributed by atoms with E-state index in [1.807, 2.05) is 18.3 Å². The summed E-state index contributed by atoms with van der Waals surface area (Å²) >= 11 is 0. The predicted octanol–water partition coefficient (Wildman–Crippen LogP) is 1.85. The van der Waals surface area contributed by atoms with Crippen LogP contribution in [0.2, 0.25) is 0 Å². The molecule has 3 N–H and O–H groups in total. The van der Waals surface area contributed by atoms with Crippen LogP contribution in [0.25, 0.3) is 0 Å². The topological polar surface area (TPSA) is 78.4 Å². The quantitative estimate of drug-likeness (QED) is 0.746. The molecule has 0 atom stereocenters. The summed E-state index contributed by atoms with van der Waals surface area (Å²) in [6.45, 7) is 1.38. The maximum Gasteiger partial charge on any atom is 0.352 e. The SMILES string of the molecule is CCc1cccc(NC(=O)CNC(=O)C(F)(F)C2(O)CCC2)c1. The highest BCUT2D eigenvalue weighted by Gasteiger charge is 2.61. The highest BCUT2D eigenvalue weighted by atomic mass is 19.3. The van der Waals surface area contributed by atoms with Gasteiger partial charge in [0.25, 0.3) is 5.91 Å². The number of alkyl halides is 2. The molecule has 23 heavy (non-hydrogen) atoms. The number of carbonyl (C=O) groups excluding carboxylic acids is 2. The third-order valence-electron chi connectivity index (χ3n) is 4.08. The van der Waals surface area contributed by atoms with Crippen LogP contribution >= 0.6 is 0 Å². The lowest BCUT2D eigenvalue weighted by Crippen LogP contribution is -2.61. The summed E-state index contributed by atoms with van der Waals surface area (Å²) in [5.41, 5.74) is -0.734. The number of halogens is 2. The molecule has 1 aromatic rings. The van der Waals surface area contributed by atoms with Gasteiger partial charge in [0.15, 0.2) is 0 Å². The zero-order valence-electron chi connectivity index (χ0n) is 12.9. The van der Waals surface area contributed by atoms with Gasteiger partial charge in [0, 0.05) is 5.69 Å². The normalized spacial score (nSPS) is 16.3. The fourth-order valence-corrected chi connectivity index (χ4v) is 2.38. The maximum absolute atomic E-state index is 13.8. The van der Waals surface area contributed by atoms with Gasteiger partial charge in [-0.05, 0) is 43.4 Å². The Morgan fingerprint density at radius 1 is 1.35 bits per heavy atom. The molecular formula is C16H20F2N2O3. The molecule has 1 fully saturated rings. The molecule has 126 valence electrons. The fraction of sp³-hybridized carbons (Fsp3) is 0.500. The first-order valence-corrected chi connectivity index (χ1v) is 7.56. The Labute approximate surface area is 133 Å². The number of amides is 2. The molecule has 1 aliphatic carbocycles. The summed E-state index contributed by atoms with van der Waals surface area (Å²) in [5.74, 6) is -6.13. The molecule has 0 heterocycles. The third-order valence-corrected chi connectivity index (χ3v) is 4.08. The van der Waals surface area contributed by atoms with Crippen LogP contribution in [0.4, 0.5) is 14.5 Å². The Morgan fingerprint density at radius 3 is 2.61 bits per heavy atom. The van der Waals surface area contributed by atoms with Crippen LogP contribution in [-0.2, 0) is 16.0 Å². The number of hydrogen-bond donors (Lipinski definition) is 3. The number of aliphatic hydroxyl groups is 1. The molecule has 5 nitrogen and oxygen atoms in total. The predicted molar refractivity (Wildman–Crippen MR) is 81.2 cm³/mol. The first-order chi connectivity index (χ1) is 10.8. The zero-order valence-corrected chi connectivity index (χ0v) is 12.9. The molecule has 2 rings (SSSR count). The average Bonchev–Trinajstić information content (AvgIpc) is 2.50. The summed E-state index contributed by atoms with van der Waals surface area (Å²) in [6.07, 6.45) is 1.01. The van der Waals surface area contributed by atoms with Crippen molar-refractivity contribution in [2.24, 2.45) is 0 Å². The van der Waals surface area contributed by atoms with E-state index in [0.29, 0.717) is 12.1 Å². The summed E-state index contributed by atoms with van der Waals surface area (Å²) in [7, 11) is 0. The molecule has 0 aliphatic heterocycles. The molecule has 1 aliphatic rings. The number of hydrogen-bond acceptors (Lipinski definition) is 3. The number of benzene rings is 1. The Balaban J connectivity index is 1.87. The lowest BCUT2D eigenvalue weighted by molar-refractivity contribution is -0.215. The molecule has 1 aromatic carbocycles. The Kier molecular flexibility index (Phi) is 4.99. The van der Waals surface area contributed by atoms with Crippen molar-refractivity contribution < 1.29 is 23.5 Å². The van der Waals surface area contributed by atoms with Gasteiger partial charge in [-0.3, -0.25) is 9.59 Å². The number of nitrogens with one attached hydrogen (secondary N) is 2. The van der Waals surface area contributed by atoms with E-state index in [1.54, 1.807) is 18.2 Å². The minimum atomic E-state index is -3.90. The van der Waals surface area contributed by atoms with Crippen LogP contribution in [0.3, 0.4) is 0 Å². The molecule has 0 spiro atoms. The molecule has 0 radical (unpaired) electrons. The Bertz CT molecular complexity index is 601. The second kappa shape index (κ2) is 6.62. The lowest BCUT2D eigenvalue weighted by Gasteiger charge is -2.41.